The van der Waals surface area contributed by atoms with Crippen LogP contribution >= 0.6 is 18.6 Å². The van der Waals surface area contributed by atoms with Crippen molar-refractivity contribution in [2.75, 3.05) is 6.61 Å². The van der Waals surface area contributed by atoms with Crippen molar-refractivity contribution in [2.24, 2.45) is 4.76 Å². The Bertz CT molecular complexity index is 387. The molecule has 1 aromatic rings. The van der Waals surface area contributed by atoms with E-state index in [4.69, 9.17) is 16.3 Å². The van der Waals surface area contributed by atoms with E-state index < -0.39 is 6.42 Å². The quantitative estimate of drug-likeness (QED) is 0.461. The lowest BCUT2D eigenvalue weighted by Crippen LogP contribution is -2.04. The SMILES string of the molecule is CCOP(=S)(N=C=S)c1ccccc1. The lowest BCUT2D eigenvalue weighted by Gasteiger charge is -2.14. The summed E-state index contributed by atoms with van der Waals surface area (Å²) in [6.07, 6.45) is -2.33. The van der Waals surface area contributed by atoms with E-state index in [0.29, 0.717) is 6.61 Å². The van der Waals surface area contributed by atoms with Gasteiger partial charge in [0.25, 0.3) is 0 Å². The zero-order valence-corrected chi connectivity index (χ0v) is 10.2. The maximum atomic E-state index is 5.49. The smallest absolute Gasteiger partial charge is 0.213 e. The number of benzene rings is 1. The fourth-order valence-electron chi connectivity index (χ4n) is 1.01. The van der Waals surface area contributed by atoms with Gasteiger partial charge < -0.3 is 4.52 Å². The molecule has 2 nitrogen and oxygen atoms in total. The maximum absolute atomic E-state index is 5.49. The van der Waals surface area contributed by atoms with Crippen molar-refractivity contribution in [2.45, 2.75) is 6.92 Å². The standard InChI is InChI=1S/C9H10NOPS2/c1-2-11-12(14,10-8-13)9-6-4-3-5-7-9/h3-7H,2H2,1H3. The van der Waals surface area contributed by atoms with Gasteiger partial charge in [-0.15, -0.1) is 0 Å². The maximum Gasteiger partial charge on any atom is 0.213 e. The Morgan fingerprint density at radius 3 is 2.57 bits per heavy atom. The van der Waals surface area contributed by atoms with Crippen molar-refractivity contribution in [1.82, 2.24) is 0 Å². The van der Waals surface area contributed by atoms with Gasteiger partial charge in [-0.2, -0.15) is 4.76 Å². The summed E-state index contributed by atoms with van der Waals surface area (Å²) in [5.41, 5.74) is 0. The molecule has 14 heavy (non-hydrogen) atoms. The first-order valence-electron chi connectivity index (χ1n) is 4.12. The van der Waals surface area contributed by atoms with Crippen LogP contribution in [0.2, 0.25) is 0 Å². The van der Waals surface area contributed by atoms with E-state index in [9.17, 15) is 0 Å². The monoisotopic (exact) mass is 243 g/mol. The second kappa shape index (κ2) is 5.50. The number of hydrogen-bond acceptors (Lipinski definition) is 3. The molecule has 0 fully saturated rings. The Morgan fingerprint density at radius 1 is 1.43 bits per heavy atom. The average molecular weight is 243 g/mol. The second-order valence-corrected chi connectivity index (χ2v) is 6.15. The predicted octanol–water partition coefficient (Wildman–Crippen LogP) is 2.76. The van der Waals surface area contributed by atoms with Crippen LogP contribution in [-0.4, -0.2) is 11.8 Å². The second-order valence-electron chi connectivity index (χ2n) is 2.47. The minimum absolute atomic E-state index is 0.534. The van der Waals surface area contributed by atoms with Crippen molar-refractivity contribution < 1.29 is 4.52 Å². The van der Waals surface area contributed by atoms with Gasteiger partial charge in [-0.1, -0.05) is 18.2 Å². The number of isothiocyanates is 1. The van der Waals surface area contributed by atoms with Gasteiger partial charge >= 0.3 is 0 Å². The fraction of sp³-hybridized carbons (Fsp3) is 0.222. The van der Waals surface area contributed by atoms with E-state index >= 15 is 0 Å². The topological polar surface area (TPSA) is 21.6 Å². The largest absolute Gasteiger partial charge is 0.329 e. The molecular weight excluding hydrogens is 233 g/mol. The van der Waals surface area contributed by atoms with Gasteiger partial charge in [-0.25, -0.2) is 0 Å². The highest BCUT2D eigenvalue weighted by atomic mass is 32.4. The zero-order chi connectivity index (χ0) is 10.4. The van der Waals surface area contributed by atoms with Gasteiger partial charge in [0.15, 0.2) is 0 Å². The molecule has 0 heterocycles. The lowest BCUT2D eigenvalue weighted by molar-refractivity contribution is 0.382. The Hall–Kier alpha value is -0.370. The molecule has 0 aliphatic rings. The Labute approximate surface area is 94.2 Å². The van der Waals surface area contributed by atoms with Crippen molar-refractivity contribution in [3.63, 3.8) is 0 Å². The normalized spacial score (nSPS) is 14.1. The highest BCUT2D eigenvalue weighted by Crippen LogP contribution is 2.46. The molecule has 0 aliphatic heterocycles. The predicted molar refractivity (Wildman–Crippen MR) is 67.0 cm³/mol. The summed E-state index contributed by atoms with van der Waals surface area (Å²) in [6.45, 7) is 2.43. The van der Waals surface area contributed by atoms with E-state index in [-0.39, 0.29) is 0 Å². The highest BCUT2D eigenvalue weighted by molar-refractivity contribution is 8.15. The van der Waals surface area contributed by atoms with Crippen molar-refractivity contribution >= 4 is 40.9 Å². The van der Waals surface area contributed by atoms with Crippen LogP contribution in [0, 0.1) is 0 Å². The first kappa shape index (κ1) is 11.7. The highest BCUT2D eigenvalue weighted by Gasteiger charge is 2.17. The van der Waals surface area contributed by atoms with Crippen LogP contribution in [0.15, 0.2) is 35.1 Å². The summed E-state index contributed by atoms with van der Waals surface area (Å²) in [5.74, 6) is 0. The minimum atomic E-state index is -2.33. The molecule has 0 aromatic heterocycles. The molecule has 0 amide bonds. The van der Waals surface area contributed by atoms with Crippen molar-refractivity contribution in [3.05, 3.63) is 30.3 Å². The molecule has 0 radical (unpaired) electrons. The van der Waals surface area contributed by atoms with Gasteiger partial charge in [-0.05, 0) is 43.1 Å². The summed E-state index contributed by atoms with van der Waals surface area (Å²) in [7, 11) is 0. The first-order valence-corrected chi connectivity index (χ1v) is 7.20. The molecule has 1 atom stereocenters. The van der Waals surface area contributed by atoms with Gasteiger partial charge in [0, 0.05) is 5.30 Å². The third kappa shape index (κ3) is 2.81. The molecule has 74 valence electrons. The molecule has 0 N–H and O–H groups in total. The Balaban J connectivity index is 3.12. The van der Waals surface area contributed by atoms with Crippen molar-refractivity contribution in [3.8, 4) is 0 Å². The van der Waals surface area contributed by atoms with Gasteiger partial charge in [0.1, 0.15) is 0 Å². The lowest BCUT2D eigenvalue weighted by atomic mass is 10.4. The van der Waals surface area contributed by atoms with E-state index in [0.717, 1.165) is 5.30 Å². The van der Waals surface area contributed by atoms with Crippen LogP contribution in [0.1, 0.15) is 6.92 Å². The molecule has 0 spiro atoms. The van der Waals surface area contributed by atoms with Crippen LogP contribution in [0.3, 0.4) is 0 Å². The van der Waals surface area contributed by atoms with Crippen LogP contribution in [0.4, 0.5) is 0 Å². The number of hydrogen-bond donors (Lipinski definition) is 0. The molecule has 1 unspecified atom stereocenters. The Kier molecular flexibility index (Phi) is 4.59. The number of thiocarbonyl (C=S) groups is 1. The van der Waals surface area contributed by atoms with E-state index in [1.165, 1.54) is 0 Å². The summed E-state index contributed by atoms with van der Waals surface area (Å²) in [4.78, 5) is 0. The number of nitrogens with zero attached hydrogens (tertiary/aromatic N) is 1. The zero-order valence-electron chi connectivity index (χ0n) is 7.71. The number of rotatable bonds is 4. The van der Waals surface area contributed by atoms with Gasteiger partial charge in [0.05, 0.1) is 11.8 Å². The van der Waals surface area contributed by atoms with Crippen molar-refractivity contribution in [1.29, 1.82) is 0 Å². The molecule has 0 aliphatic carbocycles. The third-order valence-electron chi connectivity index (χ3n) is 1.56. The third-order valence-corrected chi connectivity index (χ3v) is 4.90. The summed E-state index contributed by atoms with van der Waals surface area (Å²) in [6, 6.07) is 9.57. The molecule has 1 aromatic carbocycles. The average Bonchev–Trinajstić information content (AvgIpc) is 2.20. The molecule has 5 heteroatoms. The fourth-order valence-corrected chi connectivity index (χ4v) is 3.64. The Morgan fingerprint density at radius 2 is 2.07 bits per heavy atom. The van der Waals surface area contributed by atoms with Crippen LogP contribution in [0.25, 0.3) is 0 Å². The molecule has 0 saturated carbocycles. The van der Waals surface area contributed by atoms with E-state index in [1.807, 2.05) is 37.3 Å². The molecule has 0 saturated heterocycles. The molecule has 0 bridgehead atoms. The van der Waals surface area contributed by atoms with Gasteiger partial charge in [-0.3, -0.25) is 0 Å². The molecular formula is C9H10NOPS2. The summed E-state index contributed by atoms with van der Waals surface area (Å²) in [5, 5.41) is 3.23. The van der Waals surface area contributed by atoms with E-state index in [2.05, 4.69) is 22.1 Å². The minimum Gasteiger partial charge on any atom is -0.329 e. The van der Waals surface area contributed by atoms with E-state index in [1.54, 1.807) is 0 Å². The summed E-state index contributed by atoms with van der Waals surface area (Å²) >= 11 is 9.94. The summed E-state index contributed by atoms with van der Waals surface area (Å²) < 4.78 is 9.47. The van der Waals surface area contributed by atoms with Crippen LogP contribution < -0.4 is 5.30 Å². The van der Waals surface area contributed by atoms with Crippen LogP contribution in [0.5, 0.6) is 0 Å². The van der Waals surface area contributed by atoms with Gasteiger partial charge in [0.2, 0.25) is 6.42 Å². The first-order chi connectivity index (χ1) is 6.73. The van der Waals surface area contributed by atoms with Crippen LogP contribution in [-0.2, 0) is 16.3 Å². The molecule has 1 rings (SSSR count).